The van der Waals surface area contributed by atoms with E-state index in [1.54, 1.807) is 14.2 Å². The number of furan rings is 1. The highest BCUT2D eigenvalue weighted by Crippen LogP contribution is 2.47. The molecule has 134 valence electrons. The van der Waals surface area contributed by atoms with Crippen molar-refractivity contribution in [1.82, 2.24) is 0 Å². The molecule has 1 heterocycles. The molecular formula is C19H28O5. The van der Waals surface area contributed by atoms with Crippen molar-refractivity contribution in [3.63, 3.8) is 0 Å². The molecule has 0 spiro atoms. The van der Waals surface area contributed by atoms with E-state index in [1.165, 1.54) is 0 Å². The van der Waals surface area contributed by atoms with Gasteiger partial charge in [0.15, 0.2) is 18.3 Å². The van der Waals surface area contributed by atoms with Gasteiger partial charge in [-0.05, 0) is 18.9 Å². The van der Waals surface area contributed by atoms with E-state index in [0.29, 0.717) is 17.1 Å². The zero-order valence-electron chi connectivity index (χ0n) is 15.6. The molecule has 5 heteroatoms. The SMILES string of the molecule is COCOc1c(OC)c(C)c2oc(C(C)C)cc2c1C(O)C(C)C. The first-order valence-corrected chi connectivity index (χ1v) is 8.27. The molecule has 0 aliphatic rings. The highest BCUT2D eigenvalue weighted by Gasteiger charge is 2.28. The molecule has 1 aromatic carbocycles. The van der Waals surface area contributed by atoms with Crippen LogP contribution in [0.4, 0.5) is 0 Å². The first kappa shape index (κ1) is 18.6. The third-order valence-electron chi connectivity index (χ3n) is 4.19. The summed E-state index contributed by atoms with van der Waals surface area (Å²) in [7, 11) is 3.15. The number of ether oxygens (including phenoxy) is 3. The molecule has 1 atom stereocenters. The Morgan fingerprint density at radius 2 is 1.79 bits per heavy atom. The molecule has 5 nitrogen and oxygen atoms in total. The van der Waals surface area contributed by atoms with Crippen molar-refractivity contribution >= 4 is 11.0 Å². The Morgan fingerprint density at radius 3 is 2.29 bits per heavy atom. The average Bonchev–Trinajstić information content (AvgIpc) is 2.98. The summed E-state index contributed by atoms with van der Waals surface area (Å²) >= 11 is 0. The van der Waals surface area contributed by atoms with E-state index < -0.39 is 6.10 Å². The third-order valence-corrected chi connectivity index (χ3v) is 4.19. The normalized spacial score (nSPS) is 13.1. The van der Waals surface area contributed by atoms with E-state index in [0.717, 1.165) is 22.3 Å². The van der Waals surface area contributed by atoms with Crippen LogP contribution >= 0.6 is 0 Å². The smallest absolute Gasteiger partial charge is 0.188 e. The van der Waals surface area contributed by atoms with Gasteiger partial charge in [-0.15, -0.1) is 0 Å². The van der Waals surface area contributed by atoms with Crippen LogP contribution in [0.15, 0.2) is 10.5 Å². The molecule has 0 saturated heterocycles. The van der Waals surface area contributed by atoms with Crippen LogP contribution in [0.1, 0.15) is 56.6 Å². The van der Waals surface area contributed by atoms with Crippen LogP contribution in [0.2, 0.25) is 0 Å². The van der Waals surface area contributed by atoms with Crippen LogP contribution in [-0.4, -0.2) is 26.1 Å². The van der Waals surface area contributed by atoms with Crippen LogP contribution in [-0.2, 0) is 4.74 Å². The highest BCUT2D eigenvalue weighted by molar-refractivity contribution is 5.90. The highest BCUT2D eigenvalue weighted by atomic mass is 16.7. The molecule has 1 unspecified atom stereocenters. The second-order valence-electron chi connectivity index (χ2n) is 6.69. The summed E-state index contributed by atoms with van der Waals surface area (Å²) in [4.78, 5) is 0. The second-order valence-corrected chi connectivity index (χ2v) is 6.69. The minimum Gasteiger partial charge on any atom is -0.492 e. The molecule has 2 aromatic rings. The van der Waals surface area contributed by atoms with Crippen molar-refractivity contribution in [3.8, 4) is 11.5 Å². The molecule has 24 heavy (non-hydrogen) atoms. The summed E-state index contributed by atoms with van der Waals surface area (Å²) in [5, 5.41) is 11.7. The van der Waals surface area contributed by atoms with Crippen molar-refractivity contribution in [2.45, 2.75) is 46.6 Å². The predicted molar refractivity (Wildman–Crippen MR) is 93.9 cm³/mol. The summed E-state index contributed by atoms with van der Waals surface area (Å²) in [5.74, 6) is 2.22. The number of aliphatic hydroxyl groups is 1. The number of aliphatic hydroxyl groups excluding tert-OH is 1. The maximum Gasteiger partial charge on any atom is 0.188 e. The molecule has 0 saturated carbocycles. The predicted octanol–water partition coefficient (Wildman–Crippen LogP) is 4.55. The van der Waals surface area contributed by atoms with Gasteiger partial charge in [-0.25, -0.2) is 0 Å². The van der Waals surface area contributed by atoms with Gasteiger partial charge in [0.25, 0.3) is 0 Å². The number of fused-ring (bicyclic) bond motifs is 1. The fraction of sp³-hybridized carbons (Fsp3) is 0.579. The van der Waals surface area contributed by atoms with Gasteiger partial charge in [0.2, 0.25) is 0 Å². The monoisotopic (exact) mass is 336 g/mol. The molecule has 0 radical (unpaired) electrons. The Morgan fingerprint density at radius 1 is 1.12 bits per heavy atom. The third kappa shape index (κ3) is 3.23. The summed E-state index contributed by atoms with van der Waals surface area (Å²) < 4.78 is 22.5. The Bertz CT molecular complexity index is 700. The van der Waals surface area contributed by atoms with Crippen LogP contribution < -0.4 is 9.47 Å². The van der Waals surface area contributed by atoms with Crippen molar-refractivity contribution in [1.29, 1.82) is 0 Å². The van der Waals surface area contributed by atoms with Crippen LogP contribution in [0, 0.1) is 12.8 Å². The topological polar surface area (TPSA) is 61.1 Å². The van der Waals surface area contributed by atoms with Crippen LogP contribution in [0.25, 0.3) is 11.0 Å². The first-order valence-electron chi connectivity index (χ1n) is 8.27. The summed E-state index contributed by atoms with van der Waals surface area (Å²) in [5.41, 5.74) is 2.27. The van der Waals surface area contributed by atoms with Crippen molar-refractivity contribution in [2.75, 3.05) is 21.0 Å². The number of aryl methyl sites for hydroxylation is 1. The minimum absolute atomic E-state index is 0.0166. The largest absolute Gasteiger partial charge is 0.492 e. The quantitative estimate of drug-likeness (QED) is 0.752. The van der Waals surface area contributed by atoms with E-state index in [2.05, 4.69) is 13.8 Å². The Labute approximate surface area is 143 Å². The second kappa shape index (κ2) is 7.45. The van der Waals surface area contributed by atoms with Crippen LogP contribution in [0.3, 0.4) is 0 Å². The molecule has 0 aliphatic heterocycles. The zero-order chi connectivity index (χ0) is 18.0. The van der Waals surface area contributed by atoms with Gasteiger partial charge < -0.3 is 23.7 Å². The van der Waals surface area contributed by atoms with E-state index >= 15 is 0 Å². The van der Waals surface area contributed by atoms with Crippen molar-refractivity contribution in [3.05, 3.63) is 23.0 Å². The lowest BCUT2D eigenvalue weighted by Crippen LogP contribution is -2.11. The number of hydrogen-bond donors (Lipinski definition) is 1. The molecular weight excluding hydrogens is 308 g/mol. The molecule has 1 aromatic heterocycles. The molecule has 2 rings (SSSR count). The summed E-state index contributed by atoms with van der Waals surface area (Å²) in [6.07, 6.45) is -0.702. The van der Waals surface area contributed by atoms with Gasteiger partial charge in [-0.3, -0.25) is 0 Å². The maximum atomic E-state index is 10.8. The first-order chi connectivity index (χ1) is 11.3. The Balaban J connectivity index is 2.84. The lowest BCUT2D eigenvalue weighted by molar-refractivity contribution is 0.0442. The van der Waals surface area contributed by atoms with Gasteiger partial charge in [-0.2, -0.15) is 0 Å². The van der Waals surface area contributed by atoms with Crippen LogP contribution in [0.5, 0.6) is 11.5 Å². The number of benzene rings is 1. The standard InChI is InChI=1S/C19H28O5/c1-10(2)14-8-13-15(16(20)11(3)4)19(23-9-21-6)18(22-7)12(5)17(13)24-14/h8,10-11,16,20H,9H2,1-7H3. The number of methoxy groups -OCH3 is 2. The summed E-state index contributed by atoms with van der Waals surface area (Å²) in [6.45, 7) is 10.1. The molecule has 0 fully saturated rings. The minimum atomic E-state index is -0.702. The van der Waals surface area contributed by atoms with Gasteiger partial charge in [-0.1, -0.05) is 27.7 Å². The fourth-order valence-electron chi connectivity index (χ4n) is 2.83. The number of hydrogen-bond acceptors (Lipinski definition) is 5. The fourth-order valence-corrected chi connectivity index (χ4v) is 2.83. The maximum absolute atomic E-state index is 10.8. The molecule has 0 aliphatic carbocycles. The zero-order valence-corrected chi connectivity index (χ0v) is 15.6. The van der Waals surface area contributed by atoms with Gasteiger partial charge >= 0.3 is 0 Å². The van der Waals surface area contributed by atoms with Gasteiger partial charge in [0.1, 0.15) is 11.3 Å². The number of rotatable bonds is 7. The average molecular weight is 336 g/mol. The molecule has 0 amide bonds. The Kier molecular flexibility index (Phi) is 5.78. The molecule has 0 bridgehead atoms. The molecule has 1 N–H and O–H groups in total. The lowest BCUT2D eigenvalue weighted by Gasteiger charge is -2.22. The van der Waals surface area contributed by atoms with E-state index in [1.807, 2.05) is 26.8 Å². The Hall–Kier alpha value is -1.72. The van der Waals surface area contributed by atoms with Crippen molar-refractivity contribution in [2.24, 2.45) is 5.92 Å². The van der Waals surface area contributed by atoms with E-state index in [9.17, 15) is 5.11 Å². The van der Waals surface area contributed by atoms with E-state index in [4.69, 9.17) is 18.6 Å². The van der Waals surface area contributed by atoms with Gasteiger partial charge in [0, 0.05) is 29.5 Å². The summed E-state index contributed by atoms with van der Waals surface area (Å²) in [6, 6.07) is 1.99. The van der Waals surface area contributed by atoms with Crippen molar-refractivity contribution < 1.29 is 23.7 Å². The van der Waals surface area contributed by atoms with E-state index in [-0.39, 0.29) is 18.6 Å². The lowest BCUT2D eigenvalue weighted by atomic mass is 9.93. The van der Waals surface area contributed by atoms with Gasteiger partial charge in [0.05, 0.1) is 13.2 Å².